The average Bonchev–Trinajstić information content (AvgIpc) is 2.38. The maximum absolute atomic E-state index is 12.1. The zero-order valence-electron chi connectivity index (χ0n) is 11.8. The molecule has 0 aromatic rings. The quantitative estimate of drug-likeness (QED) is 0.693. The third kappa shape index (κ3) is 5.24. The molecule has 0 amide bonds. The second-order valence-electron chi connectivity index (χ2n) is 5.27. The molecule has 0 aromatic heterocycles. The van der Waals surface area contributed by atoms with Crippen molar-refractivity contribution in [3.05, 3.63) is 0 Å². The van der Waals surface area contributed by atoms with Crippen molar-refractivity contribution in [2.75, 3.05) is 13.6 Å². The van der Waals surface area contributed by atoms with Crippen LogP contribution >= 0.6 is 0 Å². The van der Waals surface area contributed by atoms with Gasteiger partial charge >= 0.3 is 0 Å². The largest absolute Gasteiger partial charge is 0.279 e. The fraction of sp³-hybridized carbons (Fsp3) is 1.00. The fourth-order valence-corrected chi connectivity index (χ4v) is 3.70. The molecular weight excluding hydrogens is 248 g/mol. The van der Waals surface area contributed by atoms with Gasteiger partial charge in [-0.15, -0.1) is 0 Å². The second kappa shape index (κ2) is 8.12. The topological polar surface area (TPSA) is 49.4 Å². The maximum Gasteiger partial charge on any atom is 0.279 e. The van der Waals surface area contributed by atoms with Crippen LogP contribution in [0.1, 0.15) is 64.7 Å². The number of unbranched alkanes of at least 4 members (excludes halogenated alkanes) is 3. The minimum atomic E-state index is -3.26. The van der Waals surface area contributed by atoms with Crippen molar-refractivity contribution < 1.29 is 8.42 Å². The third-order valence-electron chi connectivity index (χ3n) is 3.78. The first-order chi connectivity index (χ1) is 8.58. The van der Waals surface area contributed by atoms with Gasteiger partial charge in [0, 0.05) is 19.6 Å². The van der Waals surface area contributed by atoms with Crippen molar-refractivity contribution in [1.29, 1.82) is 0 Å². The minimum absolute atomic E-state index is 0.201. The summed E-state index contributed by atoms with van der Waals surface area (Å²) in [5.74, 6) is 0. The molecule has 1 fully saturated rings. The third-order valence-corrected chi connectivity index (χ3v) is 5.41. The van der Waals surface area contributed by atoms with E-state index in [9.17, 15) is 8.42 Å². The molecule has 5 heteroatoms. The van der Waals surface area contributed by atoms with Gasteiger partial charge in [0.2, 0.25) is 0 Å². The molecule has 0 radical (unpaired) electrons. The van der Waals surface area contributed by atoms with E-state index in [4.69, 9.17) is 0 Å². The van der Waals surface area contributed by atoms with Gasteiger partial charge in [0.15, 0.2) is 0 Å². The van der Waals surface area contributed by atoms with Gasteiger partial charge in [0.1, 0.15) is 0 Å². The Bertz CT molecular complexity index is 311. The SMILES string of the molecule is CCCCCCNS(=O)(=O)N(C)C1CCCCC1. The van der Waals surface area contributed by atoms with Gasteiger partial charge in [-0.2, -0.15) is 12.7 Å². The lowest BCUT2D eigenvalue weighted by Crippen LogP contribution is -2.45. The number of nitrogens with zero attached hydrogens (tertiary/aromatic N) is 1. The van der Waals surface area contributed by atoms with Crippen LogP contribution in [0.15, 0.2) is 0 Å². The molecule has 0 bridgehead atoms. The summed E-state index contributed by atoms with van der Waals surface area (Å²) in [5.41, 5.74) is 0. The summed E-state index contributed by atoms with van der Waals surface area (Å²) < 4.78 is 28.4. The molecule has 18 heavy (non-hydrogen) atoms. The van der Waals surface area contributed by atoms with E-state index in [-0.39, 0.29) is 6.04 Å². The predicted molar refractivity (Wildman–Crippen MR) is 75.7 cm³/mol. The highest BCUT2D eigenvalue weighted by Crippen LogP contribution is 2.22. The van der Waals surface area contributed by atoms with Crippen molar-refractivity contribution in [1.82, 2.24) is 9.03 Å². The van der Waals surface area contributed by atoms with Crippen LogP contribution in [0, 0.1) is 0 Å². The molecule has 1 aliphatic carbocycles. The maximum atomic E-state index is 12.1. The van der Waals surface area contributed by atoms with Crippen LogP contribution in [0.2, 0.25) is 0 Å². The summed E-state index contributed by atoms with van der Waals surface area (Å²) in [5, 5.41) is 0. The van der Waals surface area contributed by atoms with E-state index in [0.29, 0.717) is 6.54 Å². The van der Waals surface area contributed by atoms with Gasteiger partial charge in [0.05, 0.1) is 0 Å². The molecule has 0 saturated heterocycles. The molecule has 1 saturated carbocycles. The molecule has 0 heterocycles. The smallest absolute Gasteiger partial charge is 0.202 e. The van der Waals surface area contributed by atoms with Crippen molar-refractivity contribution in [2.24, 2.45) is 0 Å². The van der Waals surface area contributed by atoms with E-state index in [1.807, 2.05) is 0 Å². The lowest BCUT2D eigenvalue weighted by Gasteiger charge is -2.30. The van der Waals surface area contributed by atoms with Crippen molar-refractivity contribution >= 4 is 10.2 Å². The highest BCUT2D eigenvalue weighted by Gasteiger charge is 2.26. The molecule has 0 atom stereocenters. The van der Waals surface area contributed by atoms with E-state index in [1.54, 1.807) is 11.4 Å². The van der Waals surface area contributed by atoms with Crippen LogP contribution in [-0.4, -0.2) is 32.4 Å². The summed E-state index contributed by atoms with van der Waals surface area (Å²) in [6.07, 6.45) is 9.96. The van der Waals surface area contributed by atoms with Gasteiger partial charge < -0.3 is 0 Å². The monoisotopic (exact) mass is 276 g/mol. The standard InChI is InChI=1S/C13H28N2O2S/c1-3-4-5-9-12-14-18(16,17)15(2)13-10-7-6-8-11-13/h13-14H,3-12H2,1-2H3. The zero-order valence-corrected chi connectivity index (χ0v) is 12.6. The molecule has 4 nitrogen and oxygen atoms in total. The van der Waals surface area contributed by atoms with E-state index in [0.717, 1.165) is 38.5 Å². The van der Waals surface area contributed by atoms with Crippen molar-refractivity contribution in [3.63, 3.8) is 0 Å². The predicted octanol–water partition coefficient (Wildman–Crippen LogP) is 2.67. The summed E-state index contributed by atoms with van der Waals surface area (Å²) in [4.78, 5) is 0. The molecule has 0 spiro atoms. The lowest BCUT2D eigenvalue weighted by atomic mass is 9.96. The number of nitrogens with one attached hydrogen (secondary N) is 1. The lowest BCUT2D eigenvalue weighted by molar-refractivity contribution is 0.283. The second-order valence-corrected chi connectivity index (χ2v) is 7.08. The van der Waals surface area contributed by atoms with E-state index >= 15 is 0 Å². The first-order valence-corrected chi connectivity index (χ1v) is 8.74. The fourth-order valence-electron chi connectivity index (χ4n) is 2.50. The molecule has 1 N–H and O–H groups in total. The Balaban J connectivity index is 2.32. The van der Waals surface area contributed by atoms with Crippen LogP contribution in [0.5, 0.6) is 0 Å². The van der Waals surface area contributed by atoms with E-state index < -0.39 is 10.2 Å². The Morgan fingerprint density at radius 3 is 2.39 bits per heavy atom. The first-order valence-electron chi connectivity index (χ1n) is 7.30. The number of hydrogen-bond acceptors (Lipinski definition) is 2. The normalized spacial score (nSPS) is 18.4. The van der Waals surface area contributed by atoms with Gasteiger partial charge in [0.25, 0.3) is 10.2 Å². The number of hydrogen-bond donors (Lipinski definition) is 1. The van der Waals surface area contributed by atoms with E-state index in [2.05, 4.69) is 11.6 Å². The molecule has 1 rings (SSSR count). The molecule has 1 aliphatic rings. The Kier molecular flexibility index (Phi) is 7.19. The van der Waals surface area contributed by atoms with Gasteiger partial charge in [-0.3, -0.25) is 0 Å². The van der Waals surface area contributed by atoms with Crippen LogP contribution in [0.25, 0.3) is 0 Å². The Morgan fingerprint density at radius 1 is 1.11 bits per heavy atom. The zero-order chi connectivity index (χ0) is 13.4. The molecule has 0 aromatic carbocycles. The highest BCUT2D eigenvalue weighted by molar-refractivity contribution is 7.87. The van der Waals surface area contributed by atoms with Crippen LogP contribution in [0.4, 0.5) is 0 Å². The highest BCUT2D eigenvalue weighted by atomic mass is 32.2. The molecule has 0 aliphatic heterocycles. The van der Waals surface area contributed by atoms with Crippen LogP contribution in [0.3, 0.4) is 0 Å². The first kappa shape index (κ1) is 15.9. The molecule has 0 unspecified atom stereocenters. The summed E-state index contributed by atoms with van der Waals surface area (Å²) in [6.45, 7) is 2.72. The Labute approximate surface area is 112 Å². The van der Waals surface area contributed by atoms with Crippen LogP contribution in [-0.2, 0) is 10.2 Å². The Morgan fingerprint density at radius 2 is 1.78 bits per heavy atom. The van der Waals surface area contributed by atoms with Gasteiger partial charge in [-0.05, 0) is 19.3 Å². The van der Waals surface area contributed by atoms with Crippen molar-refractivity contribution in [2.45, 2.75) is 70.8 Å². The minimum Gasteiger partial charge on any atom is -0.202 e. The summed E-state index contributed by atoms with van der Waals surface area (Å²) >= 11 is 0. The summed E-state index contributed by atoms with van der Waals surface area (Å²) in [7, 11) is -1.55. The van der Waals surface area contributed by atoms with Gasteiger partial charge in [-0.25, -0.2) is 4.72 Å². The van der Waals surface area contributed by atoms with E-state index in [1.165, 1.54) is 19.3 Å². The van der Waals surface area contributed by atoms with Gasteiger partial charge in [-0.1, -0.05) is 45.4 Å². The molecular formula is C13H28N2O2S. The summed E-state index contributed by atoms with van der Waals surface area (Å²) in [6, 6.07) is 0.201. The average molecular weight is 276 g/mol. The number of rotatable bonds is 8. The Hall–Kier alpha value is -0.130. The van der Waals surface area contributed by atoms with Crippen molar-refractivity contribution in [3.8, 4) is 0 Å². The van der Waals surface area contributed by atoms with Crippen LogP contribution < -0.4 is 4.72 Å². The molecule has 108 valence electrons.